The predicted molar refractivity (Wildman–Crippen MR) is 95.4 cm³/mol. The number of aldehydes is 1. The molecule has 0 N–H and O–H groups in total. The van der Waals surface area contributed by atoms with Crippen LogP contribution in [-0.2, 0) is 9.59 Å². The van der Waals surface area contributed by atoms with E-state index in [1.54, 1.807) is 18.2 Å². The SMILES string of the molecule is C#CC(=O)N(c1ccc(OC(C)(C)C)c(Cl)c1)C1(C=O)CCCC1. The lowest BCUT2D eigenvalue weighted by Gasteiger charge is -2.36. The van der Waals surface area contributed by atoms with Gasteiger partial charge in [0, 0.05) is 5.69 Å². The predicted octanol–water partition coefficient (Wildman–Crippen LogP) is 4.00. The monoisotopic (exact) mass is 347 g/mol. The lowest BCUT2D eigenvalue weighted by atomic mass is 9.95. The topological polar surface area (TPSA) is 46.6 Å². The maximum Gasteiger partial charge on any atom is 0.303 e. The molecule has 2 rings (SSSR count). The molecule has 0 aromatic heterocycles. The summed E-state index contributed by atoms with van der Waals surface area (Å²) < 4.78 is 5.79. The Balaban J connectivity index is 2.45. The van der Waals surface area contributed by atoms with Gasteiger partial charge in [-0.1, -0.05) is 24.4 Å². The second-order valence-electron chi connectivity index (χ2n) is 7.04. The van der Waals surface area contributed by atoms with Crippen molar-refractivity contribution in [3.63, 3.8) is 0 Å². The molecule has 0 radical (unpaired) electrons. The van der Waals surface area contributed by atoms with E-state index >= 15 is 0 Å². The third-order valence-corrected chi connectivity index (χ3v) is 4.35. The average Bonchev–Trinajstić information content (AvgIpc) is 2.98. The van der Waals surface area contributed by atoms with Gasteiger partial charge in [-0.15, -0.1) is 6.42 Å². The van der Waals surface area contributed by atoms with Crippen molar-refractivity contribution in [1.82, 2.24) is 0 Å². The molecule has 0 bridgehead atoms. The molecule has 1 saturated carbocycles. The molecule has 1 aromatic rings. The number of hydrogen-bond acceptors (Lipinski definition) is 3. The molecule has 1 amide bonds. The summed E-state index contributed by atoms with van der Waals surface area (Å²) in [6.45, 7) is 5.77. The zero-order chi connectivity index (χ0) is 18.0. The smallest absolute Gasteiger partial charge is 0.303 e. The first-order valence-electron chi connectivity index (χ1n) is 7.98. The maximum absolute atomic E-state index is 12.3. The van der Waals surface area contributed by atoms with Gasteiger partial charge in [0.05, 0.1) is 5.02 Å². The van der Waals surface area contributed by atoms with Gasteiger partial charge in [-0.25, -0.2) is 0 Å². The van der Waals surface area contributed by atoms with E-state index in [1.807, 2.05) is 20.8 Å². The molecule has 0 aliphatic heterocycles. The molecule has 1 aromatic carbocycles. The van der Waals surface area contributed by atoms with Crippen LogP contribution in [0.25, 0.3) is 0 Å². The Morgan fingerprint density at radius 1 is 1.38 bits per heavy atom. The molecule has 0 spiro atoms. The maximum atomic E-state index is 12.3. The number of benzene rings is 1. The number of rotatable bonds is 4. The largest absolute Gasteiger partial charge is 0.487 e. The fraction of sp³-hybridized carbons (Fsp3) is 0.474. The second-order valence-corrected chi connectivity index (χ2v) is 7.45. The minimum Gasteiger partial charge on any atom is -0.487 e. The van der Waals surface area contributed by atoms with Crippen molar-refractivity contribution in [2.24, 2.45) is 0 Å². The molecule has 1 aliphatic carbocycles. The number of terminal acetylenes is 1. The summed E-state index contributed by atoms with van der Waals surface area (Å²) in [5.74, 6) is 2.11. The molecular formula is C19H22ClNO3. The lowest BCUT2D eigenvalue weighted by molar-refractivity contribution is -0.119. The Bertz CT molecular complexity index is 679. The summed E-state index contributed by atoms with van der Waals surface area (Å²) in [6.07, 6.45) is 9.12. The molecule has 4 nitrogen and oxygen atoms in total. The van der Waals surface area contributed by atoms with Crippen LogP contribution in [0.5, 0.6) is 5.75 Å². The fourth-order valence-electron chi connectivity index (χ4n) is 3.06. The molecule has 0 heterocycles. The van der Waals surface area contributed by atoms with Crippen LogP contribution in [0.4, 0.5) is 5.69 Å². The van der Waals surface area contributed by atoms with Crippen LogP contribution in [-0.4, -0.2) is 23.3 Å². The summed E-state index contributed by atoms with van der Waals surface area (Å²) in [7, 11) is 0. The molecule has 1 aliphatic rings. The number of carbonyl (C=O) groups excluding carboxylic acids is 2. The third-order valence-electron chi connectivity index (χ3n) is 4.05. The van der Waals surface area contributed by atoms with Gasteiger partial charge in [-0.05, 0) is 57.7 Å². The summed E-state index contributed by atoms with van der Waals surface area (Å²) in [6, 6.07) is 5.04. The van der Waals surface area contributed by atoms with Gasteiger partial charge in [-0.3, -0.25) is 9.69 Å². The van der Waals surface area contributed by atoms with Gasteiger partial charge < -0.3 is 9.53 Å². The molecule has 128 valence electrons. The minimum absolute atomic E-state index is 0.372. The van der Waals surface area contributed by atoms with E-state index < -0.39 is 17.0 Å². The van der Waals surface area contributed by atoms with Crippen molar-refractivity contribution in [1.29, 1.82) is 0 Å². The van der Waals surface area contributed by atoms with E-state index in [0.29, 0.717) is 29.3 Å². The molecule has 24 heavy (non-hydrogen) atoms. The average molecular weight is 348 g/mol. The first-order chi connectivity index (χ1) is 11.2. The Kier molecular flexibility index (Phi) is 5.25. The van der Waals surface area contributed by atoms with Crippen molar-refractivity contribution in [3.05, 3.63) is 23.2 Å². The van der Waals surface area contributed by atoms with E-state index in [2.05, 4.69) is 5.92 Å². The highest BCUT2D eigenvalue weighted by Gasteiger charge is 2.43. The van der Waals surface area contributed by atoms with Crippen molar-refractivity contribution in [2.75, 3.05) is 4.90 Å². The second kappa shape index (κ2) is 6.86. The quantitative estimate of drug-likeness (QED) is 0.611. The lowest BCUT2D eigenvalue weighted by Crippen LogP contribution is -2.51. The van der Waals surface area contributed by atoms with Crippen molar-refractivity contribution < 1.29 is 14.3 Å². The Morgan fingerprint density at radius 3 is 2.46 bits per heavy atom. The number of carbonyl (C=O) groups is 2. The normalized spacial score (nSPS) is 16.3. The van der Waals surface area contributed by atoms with Crippen LogP contribution in [0.15, 0.2) is 18.2 Å². The number of hydrogen-bond donors (Lipinski definition) is 0. The Labute approximate surface area is 148 Å². The highest BCUT2D eigenvalue weighted by Crippen LogP contribution is 2.39. The zero-order valence-electron chi connectivity index (χ0n) is 14.3. The van der Waals surface area contributed by atoms with Crippen LogP contribution >= 0.6 is 11.6 Å². The van der Waals surface area contributed by atoms with Gasteiger partial charge >= 0.3 is 5.91 Å². The number of anilines is 1. The molecular weight excluding hydrogens is 326 g/mol. The Morgan fingerprint density at radius 2 is 2.00 bits per heavy atom. The van der Waals surface area contributed by atoms with E-state index in [0.717, 1.165) is 19.1 Å². The van der Waals surface area contributed by atoms with E-state index in [9.17, 15) is 9.59 Å². The van der Waals surface area contributed by atoms with Crippen LogP contribution in [0.1, 0.15) is 46.5 Å². The molecule has 0 unspecified atom stereocenters. The van der Waals surface area contributed by atoms with Crippen molar-refractivity contribution in [3.8, 4) is 18.1 Å². The first kappa shape index (κ1) is 18.4. The molecule has 1 fully saturated rings. The van der Waals surface area contributed by atoms with Gasteiger partial charge in [0.15, 0.2) is 0 Å². The summed E-state index contributed by atoms with van der Waals surface area (Å²) in [4.78, 5) is 25.5. The molecule has 5 heteroatoms. The van der Waals surface area contributed by atoms with Gasteiger partial charge in [0.2, 0.25) is 0 Å². The van der Waals surface area contributed by atoms with Gasteiger partial charge in [-0.2, -0.15) is 0 Å². The Hall–Kier alpha value is -1.99. The summed E-state index contributed by atoms with van der Waals surface area (Å²) in [5, 5.41) is 0.372. The summed E-state index contributed by atoms with van der Waals surface area (Å²) in [5.41, 5.74) is -0.771. The number of halogens is 1. The zero-order valence-corrected chi connectivity index (χ0v) is 15.0. The van der Waals surface area contributed by atoms with Crippen LogP contribution in [0.3, 0.4) is 0 Å². The number of nitrogens with zero attached hydrogens (tertiary/aromatic N) is 1. The van der Waals surface area contributed by atoms with Crippen LogP contribution in [0, 0.1) is 12.3 Å². The number of amides is 1. The van der Waals surface area contributed by atoms with E-state index in [1.165, 1.54) is 4.90 Å². The third kappa shape index (κ3) is 3.73. The van der Waals surface area contributed by atoms with Crippen LogP contribution in [0.2, 0.25) is 5.02 Å². The first-order valence-corrected chi connectivity index (χ1v) is 8.36. The van der Waals surface area contributed by atoms with Gasteiger partial charge in [0.25, 0.3) is 0 Å². The highest BCUT2D eigenvalue weighted by atomic mass is 35.5. The van der Waals surface area contributed by atoms with Crippen molar-refractivity contribution in [2.45, 2.75) is 57.6 Å². The molecule has 0 atom stereocenters. The highest BCUT2D eigenvalue weighted by molar-refractivity contribution is 6.32. The van der Waals surface area contributed by atoms with Crippen molar-refractivity contribution >= 4 is 29.5 Å². The van der Waals surface area contributed by atoms with E-state index in [4.69, 9.17) is 22.8 Å². The van der Waals surface area contributed by atoms with E-state index in [-0.39, 0.29) is 0 Å². The summed E-state index contributed by atoms with van der Waals surface area (Å²) >= 11 is 6.32. The van der Waals surface area contributed by atoms with Crippen LogP contribution < -0.4 is 9.64 Å². The number of ether oxygens (including phenoxy) is 1. The molecule has 0 saturated heterocycles. The minimum atomic E-state index is -0.890. The fourth-order valence-corrected chi connectivity index (χ4v) is 3.28. The van der Waals surface area contributed by atoms with Gasteiger partial charge in [0.1, 0.15) is 23.2 Å². The standard InChI is InChI=1S/C19H22ClNO3/c1-5-17(23)21(19(13-22)10-6-7-11-19)14-8-9-16(15(20)12-14)24-18(2,3)4/h1,8-9,12-13H,6-7,10-11H2,2-4H3.